The fourth-order valence-corrected chi connectivity index (χ4v) is 2.50. The van der Waals surface area contributed by atoms with E-state index in [-0.39, 0.29) is 11.5 Å². The molecule has 0 spiro atoms. The molecule has 0 aromatic heterocycles. The molecule has 0 saturated carbocycles. The number of likely N-dealkylation sites (N-methyl/N-ethyl adjacent to an activating group) is 1. The van der Waals surface area contributed by atoms with Gasteiger partial charge in [0, 0.05) is 13.1 Å². The van der Waals surface area contributed by atoms with E-state index in [0.29, 0.717) is 24.6 Å². The third kappa shape index (κ3) is 5.20. The van der Waals surface area contributed by atoms with Gasteiger partial charge in [-0.2, -0.15) is 0 Å². The summed E-state index contributed by atoms with van der Waals surface area (Å²) in [6.45, 7) is 2.09. The van der Waals surface area contributed by atoms with Crippen LogP contribution in [-0.4, -0.2) is 44.1 Å². The second-order valence-corrected chi connectivity index (χ2v) is 5.65. The average Bonchev–Trinajstić information content (AvgIpc) is 2.70. The smallest absolute Gasteiger partial charge is 0.341 e. The molecule has 0 aliphatic heterocycles. The summed E-state index contributed by atoms with van der Waals surface area (Å²) in [6.07, 6.45) is 0. The number of hydrogen-bond acceptors (Lipinski definition) is 5. The predicted molar refractivity (Wildman–Crippen MR) is 97.3 cm³/mol. The second kappa shape index (κ2) is 9.56. The van der Waals surface area contributed by atoms with Gasteiger partial charge in [0.2, 0.25) is 0 Å². The Labute approximate surface area is 157 Å². The summed E-state index contributed by atoms with van der Waals surface area (Å²) in [5, 5.41) is 0. The molecule has 0 unspecified atom stereocenters. The second-order valence-electron chi connectivity index (χ2n) is 5.65. The SMILES string of the molecule is CCN(Cc1ccc(OC)c(OC)c1)C(=O)COC(=O)c1ccccc1F. The van der Waals surface area contributed by atoms with Gasteiger partial charge in [0.05, 0.1) is 19.8 Å². The minimum atomic E-state index is -0.872. The standard InChI is InChI=1S/C20H22FNO5/c1-4-22(12-14-9-10-17(25-2)18(11-14)26-3)19(23)13-27-20(24)15-7-5-6-8-16(15)21/h5-11H,4,12-13H2,1-3H3. The van der Waals surface area contributed by atoms with Crippen molar-refractivity contribution in [3.05, 3.63) is 59.4 Å². The molecule has 1 amide bonds. The maximum Gasteiger partial charge on any atom is 0.341 e. The quantitative estimate of drug-likeness (QED) is 0.664. The zero-order chi connectivity index (χ0) is 19.8. The molecule has 0 atom stereocenters. The highest BCUT2D eigenvalue weighted by Gasteiger charge is 2.18. The van der Waals surface area contributed by atoms with E-state index in [0.717, 1.165) is 11.6 Å². The first-order chi connectivity index (χ1) is 13.0. The summed E-state index contributed by atoms with van der Waals surface area (Å²) < 4.78 is 29.0. The molecule has 27 heavy (non-hydrogen) atoms. The van der Waals surface area contributed by atoms with Crippen molar-refractivity contribution in [2.24, 2.45) is 0 Å². The number of methoxy groups -OCH3 is 2. The Hall–Kier alpha value is -3.09. The number of ether oxygens (including phenoxy) is 3. The molecule has 0 heterocycles. The summed E-state index contributed by atoms with van der Waals surface area (Å²) in [7, 11) is 3.08. The molecule has 2 aromatic rings. The Morgan fingerprint density at radius 3 is 2.37 bits per heavy atom. The van der Waals surface area contributed by atoms with Crippen LogP contribution in [0.3, 0.4) is 0 Å². The van der Waals surface area contributed by atoms with Crippen molar-refractivity contribution in [1.29, 1.82) is 0 Å². The van der Waals surface area contributed by atoms with Crippen molar-refractivity contribution >= 4 is 11.9 Å². The van der Waals surface area contributed by atoms with Gasteiger partial charge < -0.3 is 19.1 Å². The van der Waals surface area contributed by atoms with E-state index in [4.69, 9.17) is 14.2 Å². The van der Waals surface area contributed by atoms with Crippen LogP contribution < -0.4 is 9.47 Å². The average molecular weight is 375 g/mol. The van der Waals surface area contributed by atoms with Crippen LogP contribution in [-0.2, 0) is 16.1 Å². The number of halogens is 1. The van der Waals surface area contributed by atoms with Crippen LogP contribution in [0.2, 0.25) is 0 Å². The number of amides is 1. The maximum atomic E-state index is 13.6. The number of esters is 1. The molecule has 0 radical (unpaired) electrons. The summed E-state index contributed by atoms with van der Waals surface area (Å²) in [6, 6.07) is 10.8. The highest BCUT2D eigenvalue weighted by molar-refractivity contribution is 5.91. The summed E-state index contributed by atoms with van der Waals surface area (Å²) in [5.74, 6) is -0.785. The minimum absolute atomic E-state index is 0.201. The summed E-state index contributed by atoms with van der Waals surface area (Å²) in [4.78, 5) is 25.8. The molecule has 0 bridgehead atoms. The van der Waals surface area contributed by atoms with Crippen LogP contribution >= 0.6 is 0 Å². The van der Waals surface area contributed by atoms with Gasteiger partial charge in [-0.05, 0) is 36.8 Å². The van der Waals surface area contributed by atoms with Crippen molar-refractivity contribution in [3.8, 4) is 11.5 Å². The first-order valence-electron chi connectivity index (χ1n) is 8.40. The van der Waals surface area contributed by atoms with Crippen molar-refractivity contribution in [3.63, 3.8) is 0 Å². The number of hydrogen-bond donors (Lipinski definition) is 0. The lowest BCUT2D eigenvalue weighted by Crippen LogP contribution is -2.34. The molecule has 144 valence electrons. The van der Waals surface area contributed by atoms with E-state index >= 15 is 0 Å². The van der Waals surface area contributed by atoms with Gasteiger partial charge in [-0.1, -0.05) is 18.2 Å². The highest BCUT2D eigenvalue weighted by Crippen LogP contribution is 2.28. The van der Waals surface area contributed by atoms with Gasteiger partial charge in [0.15, 0.2) is 18.1 Å². The summed E-state index contributed by atoms with van der Waals surface area (Å²) in [5.41, 5.74) is 0.636. The van der Waals surface area contributed by atoms with E-state index in [1.807, 2.05) is 13.0 Å². The Kier molecular flexibility index (Phi) is 7.16. The molecule has 0 aliphatic rings. The number of nitrogens with zero attached hydrogens (tertiary/aromatic N) is 1. The van der Waals surface area contributed by atoms with Gasteiger partial charge in [-0.15, -0.1) is 0 Å². The normalized spacial score (nSPS) is 10.2. The third-order valence-corrected chi connectivity index (χ3v) is 3.98. The van der Waals surface area contributed by atoms with Crippen LogP contribution in [0.25, 0.3) is 0 Å². The first kappa shape index (κ1) is 20.2. The van der Waals surface area contributed by atoms with Gasteiger partial charge in [0.1, 0.15) is 5.82 Å². The molecular weight excluding hydrogens is 353 g/mol. The topological polar surface area (TPSA) is 65.1 Å². The van der Waals surface area contributed by atoms with Gasteiger partial charge in [-0.3, -0.25) is 4.79 Å². The fourth-order valence-electron chi connectivity index (χ4n) is 2.50. The van der Waals surface area contributed by atoms with Crippen LogP contribution in [0.5, 0.6) is 11.5 Å². The fraction of sp³-hybridized carbons (Fsp3) is 0.300. The summed E-state index contributed by atoms with van der Waals surface area (Å²) >= 11 is 0. The molecule has 2 aromatic carbocycles. The van der Waals surface area contributed by atoms with Crippen molar-refractivity contribution in [2.75, 3.05) is 27.4 Å². The number of benzene rings is 2. The minimum Gasteiger partial charge on any atom is -0.493 e. The monoisotopic (exact) mass is 375 g/mol. The van der Waals surface area contributed by atoms with Gasteiger partial charge in [0.25, 0.3) is 5.91 Å². The van der Waals surface area contributed by atoms with E-state index in [2.05, 4.69) is 0 Å². The molecule has 0 aliphatic carbocycles. The van der Waals surface area contributed by atoms with E-state index < -0.39 is 18.4 Å². The van der Waals surface area contributed by atoms with Crippen molar-refractivity contribution in [2.45, 2.75) is 13.5 Å². The molecule has 6 nitrogen and oxygen atoms in total. The first-order valence-corrected chi connectivity index (χ1v) is 8.40. The number of carbonyl (C=O) groups excluding carboxylic acids is 2. The van der Waals surface area contributed by atoms with Crippen LogP contribution in [0.1, 0.15) is 22.8 Å². The lowest BCUT2D eigenvalue weighted by molar-refractivity contribution is -0.135. The van der Waals surface area contributed by atoms with Crippen LogP contribution in [0.4, 0.5) is 4.39 Å². The Bertz CT molecular complexity index is 809. The van der Waals surface area contributed by atoms with Crippen molar-refractivity contribution in [1.82, 2.24) is 4.90 Å². The number of rotatable bonds is 8. The lowest BCUT2D eigenvalue weighted by Gasteiger charge is -2.21. The molecule has 7 heteroatoms. The van der Waals surface area contributed by atoms with E-state index in [1.165, 1.54) is 30.2 Å². The maximum absolute atomic E-state index is 13.6. The third-order valence-electron chi connectivity index (χ3n) is 3.98. The zero-order valence-electron chi connectivity index (χ0n) is 15.5. The number of carbonyl (C=O) groups is 2. The molecule has 2 rings (SSSR count). The van der Waals surface area contributed by atoms with Crippen LogP contribution in [0, 0.1) is 5.82 Å². The Balaban J connectivity index is 1.99. The lowest BCUT2D eigenvalue weighted by atomic mass is 10.2. The molecule has 0 N–H and O–H groups in total. The van der Waals surface area contributed by atoms with E-state index in [9.17, 15) is 14.0 Å². The van der Waals surface area contributed by atoms with E-state index in [1.54, 1.807) is 19.2 Å². The molecule has 0 saturated heterocycles. The predicted octanol–water partition coefficient (Wildman–Crippen LogP) is 3.05. The van der Waals surface area contributed by atoms with Gasteiger partial charge >= 0.3 is 5.97 Å². The Morgan fingerprint density at radius 1 is 1.04 bits per heavy atom. The zero-order valence-corrected chi connectivity index (χ0v) is 15.5. The highest BCUT2D eigenvalue weighted by atomic mass is 19.1. The molecule has 0 fully saturated rings. The van der Waals surface area contributed by atoms with Gasteiger partial charge in [-0.25, -0.2) is 9.18 Å². The molecular formula is C20H22FNO5. The van der Waals surface area contributed by atoms with Crippen LogP contribution in [0.15, 0.2) is 42.5 Å². The van der Waals surface area contributed by atoms with Crippen molar-refractivity contribution < 1.29 is 28.2 Å². The Morgan fingerprint density at radius 2 is 1.74 bits per heavy atom. The largest absolute Gasteiger partial charge is 0.493 e.